The van der Waals surface area contributed by atoms with Gasteiger partial charge in [0.05, 0.1) is 13.2 Å². The molecule has 2 aromatic rings. The SMILES string of the molecule is COc1ccccc1OCC(=O)N1CCC(O)c2cc(Cl)ccc21. The third kappa shape index (κ3) is 3.32. The van der Waals surface area contributed by atoms with Crippen molar-refractivity contribution in [3.05, 3.63) is 53.1 Å². The predicted molar refractivity (Wildman–Crippen MR) is 91.9 cm³/mol. The molecular weight excluding hydrogens is 330 g/mol. The average molecular weight is 348 g/mol. The summed E-state index contributed by atoms with van der Waals surface area (Å²) in [5.41, 5.74) is 1.34. The summed E-state index contributed by atoms with van der Waals surface area (Å²) in [4.78, 5) is 14.2. The van der Waals surface area contributed by atoms with Crippen molar-refractivity contribution in [1.82, 2.24) is 0 Å². The van der Waals surface area contributed by atoms with Crippen LogP contribution in [0.3, 0.4) is 0 Å². The van der Waals surface area contributed by atoms with Crippen LogP contribution in [0.25, 0.3) is 0 Å². The lowest BCUT2D eigenvalue weighted by Crippen LogP contribution is -2.39. The van der Waals surface area contributed by atoms with Crippen molar-refractivity contribution in [3.63, 3.8) is 0 Å². The van der Waals surface area contributed by atoms with E-state index in [1.807, 2.05) is 12.1 Å². The van der Waals surface area contributed by atoms with Crippen LogP contribution in [0.1, 0.15) is 18.1 Å². The maximum absolute atomic E-state index is 12.6. The van der Waals surface area contributed by atoms with Gasteiger partial charge >= 0.3 is 0 Å². The van der Waals surface area contributed by atoms with Crippen LogP contribution < -0.4 is 14.4 Å². The van der Waals surface area contributed by atoms with E-state index in [-0.39, 0.29) is 12.5 Å². The molecule has 0 spiro atoms. The molecule has 1 N–H and O–H groups in total. The Kier molecular flexibility index (Phi) is 4.92. The van der Waals surface area contributed by atoms with E-state index in [9.17, 15) is 9.90 Å². The molecule has 2 aromatic carbocycles. The van der Waals surface area contributed by atoms with Gasteiger partial charge in [-0.1, -0.05) is 23.7 Å². The van der Waals surface area contributed by atoms with Crippen LogP contribution in [0.2, 0.25) is 5.02 Å². The first kappa shape index (κ1) is 16.6. The third-order valence-electron chi connectivity index (χ3n) is 3.99. The molecule has 0 saturated carbocycles. The molecule has 0 bridgehead atoms. The van der Waals surface area contributed by atoms with Gasteiger partial charge in [0.2, 0.25) is 0 Å². The van der Waals surface area contributed by atoms with Crippen LogP contribution in [-0.4, -0.2) is 31.3 Å². The molecule has 0 aliphatic carbocycles. The van der Waals surface area contributed by atoms with Gasteiger partial charge in [0.25, 0.3) is 5.91 Å². The number of anilines is 1. The lowest BCUT2D eigenvalue weighted by molar-refractivity contribution is -0.120. The Morgan fingerprint density at radius 2 is 2.04 bits per heavy atom. The summed E-state index contributed by atoms with van der Waals surface area (Å²) in [5, 5.41) is 10.7. The van der Waals surface area contributed by atoms with Crippen LogP contribution in [0.4, 0.5) is 5.69 Å². The van der Waals surface area contributed by atoms with Gasteiger partial charge < -0.3 is 19.5 Å². The predicted octanol–water partition coefficient (Wildman–Crippen LogP) is 3.20. The van der Waals surface area contributed by atoms with Gasteiger partial charge in [-0.25, -0.2) is 0 Å². The van der Waals surface area contributed by atoms with Crippen molar-refractivity contribution in [3.8, 4) is 11.5 Å². The van der Waals surface area contributed by atoms with Crippen molar-refractivity contribution in [2.24, 2.45) is 0 Å². The topological polar surface area (TPSA) is 59.0 Å². The minimum Gasteiger partial charge on any atom is -0.493 e. The van der Waals surface area contributed by atoms with Crippen molar-refractivity contribution in [2.75, 3.05) is 25.2 Å². The molecule has 0 aromatic heterocycles. The minimum atomic E-state index is -0.613. The number of aliphatic hydroxyl groups is 1. The number of amides is 1. The monoisotopic (exact) mass is 347 g/mol. The summed E-state index contributed by atoms with van der Waals surface area (Å²) >= 11 is 5.99. The van der Waals surface area contributed by atoms with Crippen molar-refractivity contribution in [2.45, 2.75) is 12.5 Å². The molecule has 5 nitrogen and oxygen atoms in total. The fraction of sp³-hybridized carbons (Fsp3) is 0.278. The average Bonchev–Trinajstić information content (AvgIpc) is 2.60. The Morgan fingerprint density at radius 3 is 2.79 bits per heavy atom. The number of ether oxygens (including phenoxy) is 2. The van der Waals surface area contributed by atoms with Crippen LogP contribution >= 0.6 is 11.6 Å². The second-order valence-corrected chi connectivity index (χ2v) is 5.93. The summed E-state index contributed by atoms with van der Waals surface area (Å²) in [6.07, 6.45) is -0.147. The zero-order valence-electron chi connectivity index (χ0n) is 13.2. The number of rotatable bonds is 4. The number of carbonyl (C=O) groups is 1. The summed E-state index contributed by atoms with van der Waals surface area (Å²) in [6.45, 7) is 0.322. The fourth-order valence-electron chi connectivity index (χ4n) is 2.78. The van der Waals surface area contributed by atoms with E-state index in [0.717, 1.165) is 0 Å². The lowest BCUT2D eigenvalue weighted by Gasteiger charge is -2.32. The first-order chi connectivity index (χ1) is 11.6. The van der Waals surface area contributed by atoms with Gasteiger partial charge in [-0.05, 0) is 36.8 Å². The quantitative estimate of drug-likeness (QED) is 0.922. The Hall–Kier alpha value is -2.24. The van der Waals surface area contributed by atoms with Gasteiger partial charge in [0, 0.05) is 22.8 Å². The maximum atomic E-state index is 12.6. The Balaban J connectivity index is 1.75. The summed E-state index contributed by atoms with van der Waals surface area (Å²) in [6, 6.07) is 12.3. The van der Waals surface area contributed by atoms with Gasteiger partial charge in [-0.15, -0.1) is 0 Å². The zero-order valence-corrected chi connectivity index (χ0v) is 14.0. The number of nitrogens with zero attached hydrogens (tertiary/aromatic N) is 1. The van der Waals surface area contributed by atoms with E-state index in [1.165, 1.54) is 0 Å². The second-order valence-electron chi connectivity index (χ2n) is 5.49. The molecule has 0 fully saturated rings. The Morgan fingerprint density at radius 1 is 1.29 bits per heavy atom. The van der Waals surface area contributed by atoms with Gasteiger partial charge in [0.15, 0.2) is 18.1 Å². The lowest BCUT2D eigenvalue weighted by atomic mass is 9.99. The molecule has 1 aliphatic heterocycles. The summed E-state index contributed by atoms with van der Waals surface area (Å²) in [7, 11) is 1.55. The molecule has 0 saturated heterocycles. The maximum Gasteiger partial charge on any atom is 0.264 e. The molecule has 126 valence electrons. The van der Waals surface area contributed by atoms with E-state index in [4.69, 9.17) is 21.1 Å². The van der Waals surface area contributed by atoms with Crippen LogP contribution in [0.15, 0.2) is 42.5 Å². The molecule has 1 amide bonds. The highest BCUT2D eigenvalue weighted by Crippen LogP contribution is 2.35. The molecule has 6 heteroatoms. The Labute approximate surface area is 145 Å². The number of halogens is 1. The van der Waals surface area contributed by atoms with Crippen molar-refractivity contribution < 1.29 is 19.4 Å². The molecule has 24 heavy (non-hydrogen) atoms. The normalized spacial score (nSPS) is 16.5. The number of benzene rings is 2. The first-order valence-corrected chi connectivity index (χ1v) is 8.01. The van der Waals surface area contributed by atoms with Crippen molar-refractivity contribution >= 4 is 23.2 Å². The van der Waals surface area contributed by atoms with Crippen LogP contribution in [0, 0.1) is 0 Å². The smallest absolute Gasteiger partial charge is 0.264 e. The standard InChI is InChI=1S/C18H18ClNO4/c1-23-16-4-2-3-5-17(16)24-11-18(22)20-9-8-15(21)13-10-12(19)6-7-14(13)20/h2-7,10,15,21H,8-9,11H2,1H3. The number of fused-ring (bicyclic) bond motifs is 1. The van der Waals surface area contributed by atoms with E-state index in [0.29, 0.717) is 40.7 Å². The number of para-hydroxylation sites is 2. The van der Waals surface area contributed by atoms with Gasteiger partial charge in [-0.2, -0.15) is 0 Å². The molecule has 1 unspecified atom stereocenters. The second kappa shape index (κ2) is 7.11. The number of methoxy groups -OCH3 is 1. The number of hydrogen-bond acceptors (Lipinski definition) is 4. The molecule has 1 aliphatic rings. The fourth-order valence-corrected chi connectivity index (χ4v) is 2.96. The van der Waals surface area contributed by atoms with Gasteiger partial charge in [0.1, 0.15) is 0 Å². The number of carbonyl (C=O) groups excluding carboxylic acids is 1. The minimum absolute atomic E-state index is 0.113. The third-order valence-corrected chi connectivity index (χ3v) is 4.22. The molecule has 1 heterocycles. The largest absolute Gasteiger partial charge is 0.493 e. The summed E-state index contributed by atoms with van der Waals surface area (Å²) in [5.74, 6) is 0.907. The first-order valence-electron chi connectivity index (χ1n) is 7.64. The van der Waals surface area contributed by atoms with Gasteiger partial charge in [-0.3, -0.25) is 4.79 Å². The zero-order chi connectivity index (χ0) is 17.1. The summed E-state index contributed by atoms with van der Waals surface area (Å²) < 4.78 is 10.8. The van der Waals surface area contributed by atoms with Crippen LogP contribution in [-0.2, 0) is 4.79 Å². The number of aliphatic hydroxyl groups excluding tert-OH is 1. The molecule has 0 radical (unpaired) electrons. The van der Waals surface area contributed by atoms with E-state index >= 15 is 0 Å². The van der Waals surface area contributed by atoms with Crippen LogP contribution in [0.5, 0.6) is 11.5 Å². The Bertz CT molecular complexity index is 750. The molecular formula is C18H18ClNO4. The van der Waals surface area contributed by atoms with Crippen molar-refractivity contribution in [1.29, 1.82) is 0 Å². The van der Waals surface area contributed by atoms with E-state index in [2.05, 4.69) is 0 Å². The highest BCUT2D eigenvalue weighted by molar-refractivity contribution is 6.30. The van der Waals surface area contributed by atoms with E-state index in [1.54, 1.807) is 42.3 Å². The molecule has 1 atom stereocenters. The number of hydrogen-bond donors (Lipinski definition) is 1. The molecule has 3 rings (SSSR count). The highest BCUT2D eigenvalue weighted by Gasteiger charge is 2.28. The highest BCUT2D eigenvalue weighted by atomic mass is 35.5. The van der Waals surface area contributed by atoms with E-state index < -0.39 is 6.10 Å².